The van der Waals surface area contributed by atoms with Crippen LogP contribution in [0.4, 0.5) is 5.69 Å². The molecule has 0 N–H and O–H groups in total. The monoisotopic (exact) mass is 338 g/mol. The topological polar surface area (TPSA) is 24.3 Å². The largest absolute Gasteiger partial charge is 0.368 e. The minimum absolute atomic E-state index is 0.915. The second kappa shape index (κ2) is 6.87. The van der Waals surface area contributed by atoms with Gasteiger partial charge in [0, 0.05) is 31.1 Å². The summed E-state index contributed by atoms with van der Waals surface area (Å²) >= 11 is 1.83. The van der Waals surface area contributed by atoms with E-state index in [0.29, 0.717) is 0 Å². The lowest BCUT2D eigenvalue weighted by Crippen LogP contribution is -2.46. The number of thioether (sulfide) groups is 1. The Hall–Kier alpha value is -1.98. The molecule has 1 aliphatic heterocycles. The molecule has 0 radical (unpaired) electrons. The maximum absolute atomic E-state index is 4.49. The first kappa shape index (κ1) is 15.5. The maximum Gasteiger partial charge on any atom is 0.0969 e. The number of benzene rings is 2. The van der Waals surface area contributed by atoms with Gasteiger partial charge in [0.2, 0.25) is 0 Å². The van der Waals surface area contributed by atoms with Crippen molar-refractivity contribution in [3.63, 3.8) is 0 Å². The van der Waals surface area contributed by atoms with Gasteiger partial charge in [0.05, 0.1) is 29.7 Å². The van der Waals surface area contributed by atoms with Crippen LogP contribution >= 0.6 is 11.8 Å². The molecule has 3 aromatic rings. The highest BCUT2D eigenvalue weighted by molar-refractivity contribution is 7.98. The van der Waals surface area contributed by atoms with Crippen molar-refractivity contribution in [2.75, 3.05) is 37.3 Å². The molecule has 0 atom stereocenters. The number of piperazine rings is 1. The lowest BCUT2D eigenvalue weighted by atomic mass is 10.2. The minimum atomic E-state index is 0.915. The zero-order chi connectivity index (χ0) is 16.4. The molecule has 0 saturated carbocycles. The highest BCUT2D eigenvalue weighted by Gasteiger charge is 2.19. The lowest BCUT2D eigenvalue weighted by Gasteiger charge is -2.37. The van der Waals surface area contributed by atoms with Crippen molar-refractivity contribution in [2.45, 2.75) is 11.6 Å². The molecule has 0 unspecified atom stereocenters. The van der Waals surface area contributed by atoms with Gasteiger partial charge in [-0.15, -0.1) is 11.8 Å². The van der Waals surface area contributed by atoms with Gasteiger partial charge in [-0.2, -0.15) is 0 Å². The number of anilines is 1. The SMILES string of the molecule is CSc1ccccc1N1CCN(Cn2cnc3ccccc32)CC1. The predicted octanol–water partition coefficient (Wildman–Crippen LogP) is 3.54. The molecular weight excluding hydrogens is 316 g/mol. The summed E-state index contributed by atoms with van der Waals surface area (Å²) in [5.74, 6) is 0. The highest BCUT2D eigenvalue weighted by atomic mass is 32.2. The molecule has 1 aliphatic rings. The van der Waals surface area contributed by atoms with Gasteiger partial charge in [-0.1, -0.05) is 24.3 Å². The average molecular weight is 338 g/mol. The van der Waals surface area contributed by atoms with Crippen molar-refractivity contribution in [3.8, 4) is 0 Å². The quantitative estimate of drug-likeness (QED) is 0.679. The highest BCUT2D eigenvalue weighted by Crippen LogP contribution is 2.29. The molecule has 0 bridgehead atoms. The van der Waals surface area contributed by atoms with E-state index in [9.17, 15) is 0 Å². The van der Waals surface area contributed by atoms with E-state index in [0.717, 1.165) is 38.4 Å². The summed E-state index contributed by atoms with van der Waals surface area (Å²) < 4.78 is 2.25. The Labute approximate surface area is 147 Å². The summed E-state index contributed by atoms with van der Waals surface area (Å²) in [7, 11) is 0. The van der Waals surface area contributed by atoms with E-state index in [1.54, 1.807) is 0 Å². The number of hydrogen-bond donors (Lipinski definition) is 0. The number of imidazole rings is 1. The number of rotatable bonds is 4. The first-order chi connectivity index (χ1) is 11.8. The molecule has 0 amide bonds. The zero-order valence-corrected chi connectivity index (χ0v) is 14.7. The van der Waals surface area contributed by atoms with Gasteiger partial charge >= 0.3 is 0 Å². The van der Waals surface area contributed by atoms with E-state index in [2.05, 4.69) is 68.1 Å². The van der Waals surface area contributed by atoms with Crippen molar-refractivity contribution in [1.29, 1.82) is 0 Å². The van der Waals surface area contributed by atoms with Crippen molar-refractivity contribution in [3.05, 3.63) is 54.9 Å². The van der Waals surface area contributed by atoms with E-state index < -0.39 is 0 Å². The van der Waals surface area contributed by atoms with E-state index in [1.165, 1.54) is 16.1 Å². The first-order valence-corrected chi connectivity index (χ1v) is 9.58. The summed E-state index contributed by atoms with van der Waals surface area (Å²) in [5.41, 5.74) is 3.66. The minimum Gasteiger partial charge on any atom is -0.368 e. The molecule has 0 aliphatic carbocycles. The Morgan fingerprint density at radius 3 is 2.54 bits per heavy atom. The van der Waals surface area contributed by atoms with E-state index in [4.69, 9.17) is 0 Å². The van der Waals surface area contributed by atoms with Crippen LogP contribution in [0, 0.1) is 0 Å². The molecular formula is C19H22N4S. The number of nitrogens with zero attached hydrogens (tertiary/aromatic N) is 4. The molecule has 2 aromatic carbocycles. The van der Waals surface area contributed by atoms with Crippen LogP contribution in [0.15, 0.2) is 59.8 Å². The smallest absolute Gasteiger partial charge is 0.0969 e. The Morgan fingerprint density at radius 2 is 1.71 bits per heavy atom. The van der Waals surface area contributed by atoms with E-state index in [1.807, 2.05) is 24.2 Å². The van der Waals surface area contributed by atoms with Gasteiger partial charge in [0.15, 0.2) is 0 Å². The second-order valence-corrected chi connectivity index (χ2v) is 6.97. The molecule has 0 spiro atoms. The number of hydrogen-bond acceptors (Lipinski definition) is 4. The van der Waals surface area contributed by atoms with E-state index >= 15 is 0 Å². The predicted molar refractivity (Wildman–Crippen MR) is 102 cm³/mol. The van der Waals surface area contributed by atoms with Gasteiger partial charge in [-0.25, -0.2) is 4.98 Å². The van der Waals surface area contributed by atoms with Crippen LogP contribution in [-0.2, 0) is 6.67 Å². The van der Waals surface area contributed by atoms with Gasteiger partial charge in [-0.05, 0) is 30.5 Å². The summed E-state index contributed by atoms with van der Waals surface area (Å²) in [6, 6.07) is 17.1. The van der Waals surface area contributed by atoms with Gasteiger partial charge in [0.1, 0.15) is 0 Å². The standard InChI is InChI=1S/C19H22N4S/c1-24-19-9-5-4-8-18(19)22-12-10-21(11-13-22)15-23-14-20-16-6-2-3-7-17(16)23/h2-9,14H,10-13,15H2,1H3. The van der Waals surface area contributed by atoms with Gasteiger partial charge in [-0.3, -0.25) is 4.90 Å². The third-order valence-corrected chi connectivity index (χ3v) is 5.46. The van der Waals surface area contributed by atoms with Gasteiger partial charge < -0.3 is 9.47 Å². The summed E-state index contributed by atoms with van der Waals surface area (Å²) in [6.07, 6.45) is 4.11. The molecule has 124 valence electrons. The number of para-hydroxylation sites is 3. The Morgan fingerprint density at radius 1 is 0.958 bits per heavy atom. The Bertz CT molecular complexity index is 821. The molecule has 5 heteroatoms. The average Bonchev–Trinajstić information content (AvgIpc) is 3.05. The van der Waals surface area contributed by atoms with Crippen molar-refractivity contribution < 1.29 is 0 Å². The molecule has 4 rings (SSSR count). The lowest BCUT2D eigenvalue weighted by molar-refractivity contribution is 0.208. The fraction of sp³-hybridized carbons (Fsp3) is 0.316. The maximum atomic E-state index is 4.49. The van der Waals surface area contributed by atoms with Crippen molar-refractivity contribution >= 4 is 28.5 Å². The van der Waals surface area contributed by atoms with Gasteiger partial charge in [0.25, 0.3) is 0 Å². The Kier molecular flexibility index (Phi) is 4.45. The zero-order valence-electron chi connectivity index (χ0n) is 13.9. The first-order valence-electron chi connectivity index (χ1n) is 8.35. The molecule has 24 heavy (non-hydrogen) atoms. The number of fused-ring (bicyclic) bond motifs is 1. The van der Waals surface area contributed by atoms with Crippen LogP contribution in [0.2, 0.25) is 0 Å². The summed E-state index contributed by atoms with van der Waals surface area (Å²) in [6.45, 7) is 5.22. The summed E-state index contributed by atoms with van der Waals surface area (Å²) in [4.78, 5) is 10.9. The molecule has 2 heterocycles. The Balaban J connectivity index is 1.43. The second-order valence-electron chi connectivity index (χ2n) is 6.12. The molecule has 1 aromatic heterocycles. The third-order valence-electron chi connectivity index (χ3n) is 4.68. The van der Waals surface area contributed by atoms with Crippen LogP contribution in [-0.4, -0.2) is 46.9 Å². The third kappa shape index (κ3) is 3.01. The molecule has 4 nitrogen and oxygen atoms in total. The van der Waals surface area contributed by atoms with Crippen LogP contribution in [0.1, 0.15) is 0 Å². The van der Waals surface area contributed by atoms with Crippen molar-refractivity contribution in [2.24, 2.45) is 0 Å². The summed E-state index contributed by atoms with van der Waals surface area (Å²) in [5, 5.41) is 0. The molecule has 1 saturated heterocycles. The van der Waals surface area contributed by atoms with Crippen molar-refractivity contribution in [1.82, 2.24) is 14.5 Å². The van der Waals surface area contributed by atoms with Crippen LogP contribution in [0.25, 0.3) is 11.0 Å². The van der Waals surface area contributed by atoms with Crippen LogP contribution < -0.4 is 4.90 Å². The fourth-order valence-electron chi connectivity index (χ4n) is 3.36. The van der Waals surface area contributed by atoms with Crippen LogP contribution in [0.5, 0.6) is 0 Å². The number of aromatic nitrogens is 2. The fourth-order valence-corrected chi connectivity index (χ4v) is 3.98. The normalized spacial score (nSPS) is 16.0. The van der Waals surface area contributed by atoms with Crippen LogP contribution in [0.3, 0.4) is 0 Å². The molecule has 1 fully saturated rings. The van der Waals surface area contributed by atoms with E-state index in [-0.39, 0.29) is 0 Å².